The van der Waals surface area contributed by atoms with Gasteiger partial charge in [-0.1, -0.05) is 0 Å². The summed E-state index contributed by atoms with van der Waals surface area (Å²) in [7, 11) is 0. The van der Waals surface area contributed by atoms with Gasteiger partial charge >= 0.3 is 0 Å². The average molecular weight is 295 g/mol. The highest BCUT2D eigenvalue weighted by atomic mass is 79.9. The number of aryl methyl sites for hydroxylation is 1. The van der Waals surface area contributed by atoms with Crippen LogP contribution < -0.4 is 5.32 Å². The Balaban J connectivity index is 1.99. The molecule has 1 N–H and O–H groups in total. The van der Waals surface area contributed by atoms with E-state index >= 15 is 0 Å². The van der Waals surface area contributed by atoms with Gasteiger partial charge in [-0.25, -0.2) is 0 Å². The molecule has 17 heavy (non-hydrogen) atoms. The molecule has 0 atom stereocenters. The lowest BCUT2D eigenvalue weighted by Crippen LogP contribution is -2.22. The second-order valence-corrected chi connectivity index (χ2v) is 4.37. The van der Waals surface area contributed by atoms with Gasteiger partial charge in [0.05, 0.1) is 0 Å². The Labute approximate surface area is 107 Å². The molecule has 0 aliphatic heterocycles. The molecule has 0 aliphatic carbocycles. The van der Waals surface area contributed by atoms with E-state index in [1.165, 1.54) is 0 Å². The number of halogens is 1. The van der Waals surface area contributed by atoms with E-state index in [1.54, 1.807) is 24.5 Å². The Hall–Kier alpha value is -1.62. The number of nitrogens with one attached hydrogen (secondary N) is 1. The molecule has 2 aromatic rings. The van der Waals surface area contributed by atoms with Crippen LogP contribution in [0.1, 0.15) is 21.7 Å². The summed E-state index contributed by atoms with van der Waals surface area (Å²) >= 11 is 3.15. The van der Waals surface area contributed by atoms with Crippen molar-refractivity contribution in [1.29, 1.82) is 0 Å². The molecule has 5 heteroatoms. The van der Waals surface area contributed by atoms with Crippen LogP contribution in [0, 0.1) is 6.92 Å². The SMILES string of the molecule is Cc1ccncc1CNC(=O)c1ccc(Br)o1. The van der Waals surface area contributed by atoms with Crippen molar-refractivity contribution in [2.75, 3.05) is 0 Å². The van der Waals surface area contributed by atoms with Gasteiger partial charge in [-0.2, -0.15) is 0 Å². The Morgan fingerprint density at radius 1 is 1.47 bits per heavy atom. The summed E-state index contributed by atoms with van der Waals surface area (Å²) in [5, 5.41) is 2.78. The fraction of sp³-hybridized carbons (Fsp3) is 0.167. The highest BCUT2D eigenvalue weighted by molar-refractivity contribution is 9.10. The van der Waals surface area contributed by atoms with Crippen LogP contribution in [0.2, 0.25) is 0 Å². The number of nitrogens with zero attached hydrogens (tertiary/aromatic N) is 1. The zero-order valence-electron chi connectivity index (χ0n) is 9.24. The van der Waals surface area contributed by atoms with E-state index in [-0.39, 0.29) is 5.91 Å². The molecule has 2 heterocycles. The molecule has 88 valence electrons. The van der Waals surface area contributed by atoms with E-state index in [1.807, 2.05) is 13.0 Å². The van der Waals surface area contributed by atoms with Crippen LogP contribution >= 0.6 is 15.9 Å². The Morgan fingerprint density at radius 2 is 2.29 bits per heavy atom. The van der Waals surface area contributed by atoms with E-state index in [0.717, 1.165) is 11.1 Å². The highest BCUT2D eigenvalue weighted by Gasteiger charge is 2.10. The van der Waals surface area contributed by atoms with Crippen molar-refractivity contribution in [3.8, 4) is 0 Å². The first-order chi connectivity index (χ1) is 8.16. The predicted molar refractivity (Wildman–Crippen MR) is 66.6 cm³/mol. The van der Waals surface area contributed by atoms with Crippen LogP contribution in [-0.2, 0) is 6.54 Å². The number of carbonyl (C=O) groups excluding carboxylic acids is 1. The van der Waals surface area contributed by atoms with Crippen LogP contribution in [0.5, 0.6) is 0 Å². The third-order valence-corrected chi connectivity index (χ3v) is 2.81. The van der Waals surface area contributed by atoms with E-state index in [4.69, 9.17) is 4.42 Å². The van der Waals surface area contributed by atoms with Crippen LogP contribution in [0.15, 0.2) is 39.7 Å². The molecule has 2 rings (SSSR count). The van der Waals surface area contributed by atoms with Crippen LogP contribution in [0.3, 0.4) is 0 Å². The first-order valence-electron chi connectivity index (χ1n) is 5.10. The van der Waals surface area contributed by atoms with Crippen molar-refractivity contribution in [2.45, 2.75) is 13.5 Å². The zero-order chi connectivity index (χ0) is 12.3. The second-order valence-electron chi connectivity index (χ2n) is 3.59. The summed E-state index contributed by atoms with van der Waals surface area (Å²) in [6, 6.07) is 5.21. The standard InChI is InChI=1S/C12H11BrN2O2/c1-8-4-5-14-6-9(8)7-15-12(16)10-2-3-11(13)17-10/h2-6H,7H2,1H3,(H,15,16). The predicted octanol–water partition coefficient (Wildman–Crippen LogP) is 2.68. The molecule has 0 saturated carbocycles. The summed E-state index contributed by atoms with van der Waals surface area (Å²) in [6.45, 7) is 2.42. The van der Waals surface area contributed by atoms with E-state index in [9.17, 15) is 4.79 Å². The summed E-state index contributed by atoms with van der Waals surface area (Å²) in [5.41, 5.74) is 2.09. The lowest BCUT2D eigenvalue weighted by Gasteiger charge is -2.05. The van der Waals surface area contributed by atoms with Gasteiger partial charge in [-0.05, 0) is 52.2 Å². The highest BCUT2D eigenvalue weighted by Crippen LogP contribution is 2.14. The molecular formula is C12H11BrN2O2. The maximum Gasteiger partial charge on any atom is 0.287 e. The first-order valence-corrected chi connectivity index (χ1v) is 5.89. The Kier molecular flexibility index (Phi) is 3.58. The maximum atomic E-state index is 11.7. The van der Waals surface area contributed by atoms with E-state index < -0.39 is 0 Å². The molecule has 0 aliphatic rings. The monoisotopic (exact) mass is 294 g/mol. The van der Waals surface area contributed by atoms with Gasteiger partial charge in [0, 0.05) is 18.9 Å². The molecule has 0 radical (unpaired) electrons. The number of hydrogen-bond donors (Lipinski definition) is 1. The lowest BCUT2D eigenvalue weighted by molar-refractivity contribution is 0.0922. The second kappa shape index (κ2) is 5.14. The third kappa shape index (κ3) is 2.94. The summed E-state index contributed by atoms with van der Waals surface area (Å²) in [6.07, 6.45) is 3.47. The molecule has 0 fully saturated rings. The molecule has 0 saturated heterocycles. The molecule has 0 unspecified atom stereocenters. The van der Waals surface area contributed by atoms with Crippen molar-refractivity contribution in [3.63, 3.8) is 0 Å². The zero-order valence-corrected chi connectivity index (χ0v) is 10.8. The van der Waals surface area contributed by atoms with Gasteiger partial charge in [0.1, 0.15) is 0 Å². The number of hydrogen-bond acceptors (Lipinski definition) is 3. The number of aromatic nitrogens is 1. The fourth-order valence-electron chi connectivity index (χ4n) is 1.38. The smallest absolute Gasteiger partial charge is 0.287 e. The minimum Gasteiger partial charge on any atom is -0.444 e. The van der Waals surface area contributed by atoms with E-state index in [2.05, 4.69) is 26.2 Å². The number of carbonyl (C=O) groups is 1. The molecule has 0 spiro atoms. The molecule has 2 aromatic heterocycles. The Bertz CT molecular complexity index is 537. The van der Waals surface area contributed by atoms with Gasteiger partial charge in [-0.3, -0.25) is 9.78 Å². The first kappa shape index (κ1) is 11.9. The van der Waals surface area contributed by atoms with Crippen LogP contribution in [0.4, 0.5) is 0 Å². The summed E-state index contributed by atoms with van der Waals surface area (Å²) < 4.78 is 5.69. The number of amides is 1. The molecule has 4 nitrogen and oxygen atoms in total. The molecule has 0 bridgehead atoms. The molecular weight excluding hydrogens is 284 g/mol. The van der Waals surface area contributed by atoms with Gasteiger partial charge in [0.15, 0.2) is 10.4 Å². The average Bonchev–Trinajstić information content (AvgIpc) is 2.74. The number of furan rings is 1. The lowest BCUT2D eigenvalue weighted by atomic mass is 10.1. The normalized spacial score (nSPS) is 10.2. The van der Waals surface area contributed by atoms with Crippen LogP contribution in [-0.4, -0.2) is 10.9 Å². The van der Waals surface area contributed by atoms with Crippen molar-refractivity contribution < 1.29 is 9.21 Å². The summed E-state index contributed by atoms with van der Waals surface area (Å²) in [4.78, 5) is 15.7. The van der Waals surface area contributed by atoms with E-state index in [0.29, 0.717) is 17.0 Å². The number of pyridine rings is 1. The van der Waals surface area contributed by atoms with Gasteiger partial charge in [-0.15, -0.1) is 0 Å². The van der Waals surface area contributed by atoms with Crippen molar-refractivity contribution in [3.05, 3.63) is 52.1 Å². The molecule has 0 aromatic carbocycles. The fourth-order valence-corrected chi connectivity index (χ4v) is 1.69. The quantitative estimate of drug-likeness (QED) is 0.947. The maximum absolute atomic E-state index is 11.7. The van der Waals surface area contributed by atoms with Gasteiger partial charge in [0.25, 0.3) is 5.91 Å². The van der Waals surface area contributed by atoms with Crippen molar-refractivity contribution in [1.82, 2.24) is 10.3 Å². The van der Waals surface area contributed by atoms with Crippen LogP contribution in [0.25, 0.3) is 0 Å². The Morgan fingerprint density at radius 3 is 2.94 bits per heavy atom. The van der Waals surface area contributed by atoms with Gasteiger partial charge < -0.3 is 9.73 Å². The summed E-state index contributed by atoms with van der Waals surface area (Å²) in [5.74, 6) is 0.0531. The third-order valence-electron chi connectivity index (χ3n) is 2.38. The molecule has 1 amide bonds. The minimum atomic E-state index is -0.237. The van der Waals surface area contributed by atoms with Crippen molar-refractivity contribution in [2.24, 2.45) is 0 Å². The van der Waals surface area contributed by atoms with Crippen molar-refractivity contribution >= 4 is 21.8 Å². The number of rotatable bonds is 3. The minimum absolute atomic E-state index is 0.237. The van der Waals surface area contributed by atoms with Gasteiger partial charge in [0.2, 0.25) is 0 Å². The topological polar surface area (TPSA) is 55.1 Å². The largest absolute Gasteiger partial charge is 0.444 e.